The second-order valence-corrected chi connectivity index (χ2v) is 4.00. The Bertz CT molecular complexity index is 514. The van der Waals surface area contributed by atoms with Gasteiger partial charge in [-0.15, -0.1) is 11.5 Å². The van der Waals surface area contributed by atoms with Crippen LogP contribution in [-0.2, 0) is 52.8 Å². The molecule has 0 bridgehead atoms. The molecule has 1 aliphatic rings. The van der Waals surface area contributed by atoms with Crippen molar-refractivity contribution in [2.45, 2.75) is 20.0 Å². The molecule has 2 aromatic rings. The summed E-state index contributed by atoms with van der Waals surface area (Å²) in [5.41, 5.74) is 5.44. The van der Waals surface area contributed by atoms with Crippen molar-refractivity contribution in [1.82, 2.24) is 9.88 Å². The van der Waals surface area contributed by atoms with Crippen LogP contribution in [0.15, 0.2) is 12.1 Å². The summed E-state index contributed by atoms with van der Waals surface area (Å²) < 4.78 is 2.30. The van der Waals surface area contributed by atoms with Crippen molar-refractivity contribution < 1.29 is 32.7 Å². The fourth-order valence-electron chi connectivity index (χ4n) is 2.34. The molecule has 1 aliphatic heterocycles. The first kappa shape index (κ1) is 11.3. The van der Waals surface area contributed by atoms with Gasteiger partial charge >= 0.3 is 0 Å². The van der Waals surface area contributed by atoms with Crippen LogP contribution >= 0.6 is 0 Å². The van der Waals surface area contributed by atoms with E-state index in [4.69, 9.17) is 0 Å². The Balaban J connectivity index is 0.000000853. The van der Waals surface area contributed by atoms with Crippen LogP contribution in [0.5, 0.6) is 0 Å². The number of nitrogens with zero attached hydrogens (tertiary/aromatic N) is 1. The summed E-state index contributed by atoms with van der Waals surface area (Å²) in [7, 11) is 2.15. The summed E-state index contributed by atoms with van der Waals surface area (Å²) in [6.07, 6.45) is 0. The standard InChI is InChI=1S/C12H13N2.Y/c1-8-3-4-9-10-6-13-7-12(10)14(2)11(9)5-8;/h4-5,13H,6-7H2,1-2H3;/q-1;. The minimum atomic E-state index is 0. The molecule has 3 rings (SSSR count). The van der Waals surface area contributed by atoms with Gasteiger partial charge in [0.2, 0.25) is 0 Å². The maximum atomic E-state index is 3.38. The molecular formula is C12H13N2Y-. The summed E-state index contributed by atoms with van der Waals surface area (Å²) in [6.45, 7) is 4.10. The van der Waals surface area contributed by atoms with Crippen LogP contribution < -0.4 is 5.32 Å². The van der Waals surface area contributed by atoms with Gasteiger partial charge in [-0.25, -0.2) is 0 Å². The average molecular weight is 274 g/mol. The fourth-order valence-corrected chi connectivity index (χ4v) is 2.34. The van der Waals surface area contributed by atoms with Gasteiger partial charge in [0, 0.05) is 58.5 Å². The molecule has 0 saturated heterocycles. The number of fused-ring (bicyclic) bond motifs is 3. The molecule has 1 aromatic carbocycles. The molecule has 2 heterocycles. The molecule has 15 heavy (non-hydrogen) atoms. The van der Waals surface area contributed by atoms with E-state index in [2.05, 4.69) is 42.1 Å². The summed E-state index contributed by atoms with van der Waals surface area (Å²) in [6, 6.07) is 7.61. The van der Waals surface area contributed by atoms with Crippen LogP contribution in [0, 0.1) is 13.0 Å². The Labute approximate surface area is 115 Å². The topological polar surface area (TPSA) is 17.0 Å². The molecule has 1 N–H and O–H groups in total. The van der Waals surface area contributed by atoms with E-state index in [0.717, 1.165) is 13.1 Å². The summed E-state index contributed by atoms with van der Waals surface area (Å²) in [5, 5.41) is 4.74. The molecule has 2 nitrogen and oxygen atoms in total. The maximum Gasteiger partial charge on any atom is 0.0354 e. The maximum absolute atomic E-state index is 3.38. The predicted molar refractivity (Wildman–Crippen MR) is 57.0 cm³/mol. The van der Waals surface area contributed by atoms with E-state index < -0.39 is 0 Å². The van der Waals surface area contributed by atoms with E-state index >= 15 is 0 Å². The van der Waals surface area contributed by atoms with Crippen LogP contribution in [0.25, 0.3) is 10.9 Å². The Morgan fingerprint density at radius 2 is 2.20 bits per heavy atom. The molecule has 75 valence electrons. The van der Waals surface area contributed by atoms with Gasteiger partial charge in [0.1, 0.15) is 0 Å². The number of aromatic nitrogens is 1. The van der Waals surface area contributed by atoms with Crippen LogP contribution in [-0.4, -0.2) is 4.57 Å². The van der Waals surface area contributed by atoms with Crippen molar-refractivity contribution in [2.75, 3.05) is 0 Å². The van der Waals surface area contributed by atoms with Crippen molar-refractivity contribution >= 4 is 10.9 Å². The third kappa shape index (κ3) is 1.59. The van der Waals surface area contributed by atoms with E-state index in [1.54, 1.807) is 0 Å². The van der Waals surface area contributed by atoms with E-state index in [0.29, 0.717) is 0 Å². The molecular weight excluding hydrogens is 261 g/mol. The molecule has 0 saturated carbocycles. The van der Waals surface area contributed by atoms with Gasteiger partial charge in [0.25, 0.3) is 0 Å². The van der Waals surface area contributed by atoms with Gasteiger partial charge in [-0.3, -0.25) is 0 Å². The largest absolute Gasteiger partial charge is 0.370 e. The number of aryl methyl sites for hydroxylation is 2. The van der Waals surface area contributed by atoms with Crippen molar-refractivity contribution in [2.24, 2.45) is 7.05 Å². The normalized spacial score (nSPS) is 14.0. The Kier molecular flexibility index (Phi) is 3.02. The molecule has 0 atom stereocenters. The van der Waals surface area contributed by atoms with Crippen LogP contribution in [0.2, 0.25) is 0 Å². The molecule has 0 spiro atoms. The van der Waals surface area contributed by atoms with E-state index in [-0.39, 0.29) is 32.7 Å². The van der Waals surface area contributed by atoms with Crippen molar-refractivity contribution in [3.63, 3.8) is 0 Å². The van der Waals surface area contributed by atoms with Gasteiger partial charge in [0.05, 0.1) is 0 Å². The third-order valence-electron chi connectivity index (χ3n) is 3.11. The van der Waals surface area contributed by atoms with Crippen molar-refractivity contribution in [3.8, 4) is 0 Å². The Morgan fingerprint density at radius 1 is 1.40 bits per heavy atom. The zero-order chi connectivity index (χ0) is 9.71. The van der Waals surface area contributed by atoms with E-state index in [1.807, 2.05) is 0 Å². The second kappa shape index (κ2) is 4.01. The zero-order valence-electron chi connectivity index (χ0n) is 9.09. The smallest absolute Gasteiger partial charge is 0.0354 e. The molecule has 0 unspecified atom stereocenters. The number of nitrogens with one attached hydrogen (secondary N) is 1. The average Bonchev–Trinajstić information content (AvgIpc) is 2.72. The molecule has 1 radical (unpaired) electrons. The van der Waals surface area contributed by atoms with Crippen molar-refractivity contribution in [3.05, 3.63) is 35.0 Å². The number of hydrogen-bond donors (Lipinski definition) is 1. The van der Waals surface area contributed by atoms with Gasteiger partial charge in [-0.2, -0.15) is 17.7 Å². The first-order valence-electron chi connectivity index (χ1n) is 4.96. The molecule has 0 amide bonds. The predicted octanol–water partition coefficient (Wildman–Crippen LogP) is 1.89. The molecule has 0 aliphatic carbocycles. The van der Waals surface area contributed by atoms with Gasteiger partial charge in [-0.05, 0) is 0 Å². The van der Waals surface area contributed by atoms with Gasteiger partial charge < -0.3 is 9.88 Å². The Morgan fingerprint density at radius 3 is 3.00 bits per heavy atom. The first-order chi connectivity index (χ1) is 6.77. The zero-order valence-corrected chi connectivity index (χ0v) is 11.9. The second-order valence-electron chi connectivity index (χ2n) is 4.00. The minimum Gasteiger partial charge on any atom is -0.370 e. The van der Waals surface area contributed by atoms with E-state index in [1.165, 1.54) is 27.7 Å². The molecule has 0 fully saturated rings. The monoisotopic (exact) mass is 274 g/mol. The number of benzene rings is 1. The van der Waals surface area contributed by atoms with Crippen LogP contribution in [0.4, 0.5) is 0 Å². The van der Waals surface area contributed by atoms with Crippen LogP contribution in [0.3, 0.4) is 0 Å². The van der Waals surface area contributed by atoms with E-state index in [9.17, 15) is 0 Å². The quantitative estimate of drug-likeness (QED) is 0.726. The van der Waals surface area contributed by atoms with Crippen molar-refractivity contribution in [1.29, 1.82) is 0 Å². The summed E-state index contributed by atoms with van der Waals surface area (Å²) in [4.78, 5) is 0. The number of hydrogen-bond acceptors (Lipinski definition) is 1. The SMILES string of the molecule is Cc1[c-]cc2c3c(n(C)c2c1)CNC3.[Y]. The van der Waals surface area contributed by atoms with Crippen LogP contribution in [0.1, 0.15) is 16.8 Å². The third-order valence-corrected chi connectivity index (χ3v) is 3.11. The summed E-state index contributed by atoms with van der Waals surface area (Å²) >= 11 is 0. The Hall–Kier alpha value is -0.176. The number of rotatable bonds is 0. The van der Waals surface area contributed by atoms with Gasteiger partial charge in [0.15, 0.2) is 0 Å². The first-order valence-corrected chi connectivity index (χ1v) is 4.96. The minimum absolute atomic E-state index is 0. The van der Waals surface area contributed by atoms with Gasteiger partial charge in [-0.1, -0.05) is 18.0 Å². The fraction of sp³-hybridized carbons (Fsp3) is 0.333. The summed E-state index contributed by atoms with van der Waals surface area (Å²) in [5.74, 6) is 0. The molecule has 3 heteroatoms. The molecule has 1 aromatic heterocycles.